The van der Waals surface area contributed by atoms with Gasteiger partial charge in [0.1, 0.15) is 18.1 Å². The molecule has 0 saturated carbocycles. The average molecular weight is 293 g/mol. The molecule has 88 valence electrons. The Hall–Kier alpha value is -1.48. The molecule has 2 rings (SSSR count). The van der Waals surface area contributed by atoms with Gasteiger partial charge in [0.25, 0.3) is 0 Å². The summed E-state index contributed by atoms with van der Waals surface area (Å²) in [6.45, 7) is 2.41. The number of aryl methyl sites for hydroxylation is 1. The Kier molecular flexibility index (Phi) is 3.69. The first-order chi connectivity index (χ1) is 8.13. The van der Waals surface area contributed by atoms with Crippen LogP contribution < -0.4 is 4.74 Å². The van der Waals surface area contributed by atoms with E-state index < -0.39 is 0 Å². The number of phenols is 1. The molecule has 2 aromatic carbocycles. The summed E-state index contributed by atoms with van der Waals surface area (Å²) >= 11 is 3.42. The molecule has 0 atom stereocenters. The van der Waals surface area contributed by atoms with Crippen molar-refractivity contribution in [3.05, 3.63) is 58.1 Å². The molecule has 17 heavy (non-hydrogen) atoms. The van der Waals surface area contributed by atoms with Gasteiger partial charge in [0, 0.05) is 10.5 Å². The van der Waals surface area contributed by atoms with Crippen LogP contribution in [-0.2, 0) is 6.61 Å². The molecule has 2 nitrogen and oxygen atoms in total. The van der Waals surface area contributed by atoms with Crippen LogP contribution in [0.2, 0.25) is 0 Å². The highest BCUT2D eigenvalue weighted by atomic mass is 79.9. The normalized spacial score (nSPS) is 10.2. The van der Waals surface area contributed by atoms with E-state index in [-0.39, 0.29) is 5.75 Å². The van der Waals surface area contributed by atoms with Crippen LogP contribution in [0.4, 0.5) is 0 Å². The Bertz CT molecular complexity index is 503. The van der Waals surface area contributed by atoms with Crippen molar-refractivity contribution in [2.24, 2.45) is 0 Å². The van der Waals surface area contributed by atoms with Gasteiger partial charge >= 0.3 is 0 Å². The number of benzene rings is 2. The maximum atomic E-state index is 9.45. The minimum absolute atomic E-state index is 0.231. The lowest BCUT2D eigenvalue weighted by Crippen LogP contribution is -1.95. The summed E-state index contributed by atoms with van der Waals surface area (Å²) in [7, 11) is 0. The summed E-state index contributed by atoms with van der Waals surface area (Å²) in [6, 6.07) is 13.2. The van der Waals surface area contributed by atoms with E-state index in [1.807, 2.05) is 37.3 Å². The molecule has 0 aliphatic rings. The number of halogens is 1. The van der Waals surface area contributed by atoms with Crippen LogP contribution in [-0.4, -0.2) is 5.11 Å². The molecule has 1 N–H and O–H groups in total. The first-order valence-corrected chi connectivity index (χ1v) is 6.11. The SMILES string of the molecule is Cc1cc(O)cc(OCc2cccc(Br)c2)c1. The summed E-state index contributed by atoms with van der Waals surface area (Å²) in [5.74, 6) is 0.914. The van der Waals surface area contributed by atoms with Gasteiger partial charge in [-0.25, -0.2) is 0 Å². The van der Waals surface area contributed by atoms with Crippen molar-refractivity contribution in [3.8, 4) is 11.5 Å². The van der Waals surface area contributed by atoms with Gasteiger partial charge in [0.15, 0.2) is 0 Å². The lowest BCUT2D eigenvalue weighted by atomic mass is 10.2. The zero-order valence-electron chi connectivity index (χ0n) is 9.48. The van der Waals surface area contributed by atoms with E-state index in [9.17, 15) is 5.11 Å². The molecule has 0 saturated heterocycles. The number of rotatable bonds is 3. The van der Waals surface area contributed by atoms with Crippen molar-refractivity contribution in [3.63, 3.8) is 0 Å². The van der Waals surface area contributed by atoms with Gasteiger partial charge in [-0.15, -0.1) is 0 Å². The van der Waals surface area contributed by atoms with Crippen LogP contribution in [0, 0.1) is 6.92 Å². The minimum atomic E-state index is 0.231. The van der Waals surface area contributed by atoms with E-state index in [0.29, 0.717) is 12.4 Å². The Morgan fingerprint density at radius 2 is 2.00 bits per heavy atom. The fourth-order valence-corrected chi connectivity index (χ4v) is 2.05. The molecule has 0 bridgehead atoms. The summed E-state index contributed by atoms with van der Waals surface area (Å²) in [4.78, 5) is 0. The summed E-state index contributed by atoms with van der Waals surface area (Å²) in [5, 5.41) is 9.45. The highest BCUT2D eigenvalue weighted by Gasteiger charge is 2.00. The number of phenolic OH excluding ortho intramolecular Hbond substituents is 1. The lowest BCUT2D eigenvalue weighted by molar-refractivity contribution is 0.304. The van der Waals surface area contributed by atoms with E-state index in [0.717, 1.165) is 15.6 Å². The smallest absolute Gasteiger partial charge is 0.123 e. The lowest BCUT2D eigenvalue weighted by Gasteiger charge is -2.08. The Morgan fingerprint density at radius 3 is 2.71 bits per heavy atom. The Morgan fingerprint density at radius 1 is 1.18 bits per heavy atom. The predicted octanol–water partition coefficient (Wildman–Crippen LogP) is 4.04. The fraction of sp³-hybridized carbons (Fsp3) is 0.143. The van der Waals surface area contributed by atoms with Crippen LogP contribution in [0.5, 0.6) is 11.5 Å². The standard InChI is InChI=1S/C14H13BrO2/c1-10-5-13(16)8-14(6-10)17-9-11-3-2-4-12(15)7-11/h2-8,16H,9H2,1H3. The predicted molar refractivity (Wildman–Crippen MR) is 71.3 cm³/mol. The van der Waals surface area contributed by atoms with Crippen LogP contribution in [0.3, 0.4) is 0 Å². The third-order valence-electron chi connectivity index (χ3n) is 2.33. The largest absolute Gasteiger partial charge is 0.508 e. The molecule has 0 unspecified atom stereocenters. The first kappa shape index (κ1) is 12.0. The molecular weight excluding hydrogens is 280 g/mol. The molecule has 0 heterocycles. The third-order valence-corrected chi connectivity index (χ3v) is 2.82. The van der Waals surface area contributed by atoms with Crippen molar-refractivity contribution < 1.29 is 9.84 Å². The van der Waals surface area contributed by atoms with Crippen molar-refractivity contribution in [2.45, 2.75) is 13.5 Å². The molecule has 2 aromatic rings. The monoisotopic (exact) mass is 292 g/mol. The number of hydrogen-bond acceptors (Lipinski definition) is 2. The number of ether oxygens (including phenoxy) is 1. The van der Waals surface area contributed by atoms with Gasteiger partial charge in [-0.2, -0.15) is 0 Å². The van der Waals surface area contributed by atoms with E-state index in [1.54, 1.807) is 12.1 Å². The van der Waals surface area contributed by atoms with E-state index in [2.05, 4.69) is 15.9 Å². The maximum absolute atomic E-state index is 9.45. The number of hydrogen-bond donors (Lipinski definition) is 1. The molecule has 0 amide bonds. The summed E-state index contributed by atoms with van der Waals surface area (Å²) in [5.41, 5.74) is 2.06. The van der Waals surface area contributed by atoms with Gasteiger partial charge < -0.3 is 9.84 Å². The van der Waals surface area contributed by atoms with Crippen LogP contribution in [0.25, 0.3) is 0 Å². The zero-order chi connectivity index (χ0) is 12.3. The Balaban J connectivity index is 2.07. The molecule has 0 spiro atoms. The molecule has 0 aliphatic heterocycles. The molecular formula is C14H13BrO2. The van der Waals surface area contributed by atoms with E-state index >= 15 is 0 Å². The number of aromatic hydroxyl groups is 1. The van der Waals surface area contributed by atoms with Crippen LogP contribution in [0.15, 0.2) is 46.9 Å². The molecule has 0 fully saturated rings. The van der Waals surface area contributed by atoms with Crippen molar-refractivity contribution in [1.29, 1.82) is 0 Å². The summed E-state index contributed by atoms with van der Waals surface area (Å²) in [6.07, 6.45) is 0. The second-order valence-corrected chi connectivity index (χ2v) is 4.84. The zero-order valence-corrected chi connectivity index (χ0v) is 11.1. The first-order valence-electron chi connectivity index (χ1n) is 5.31. The third kappa shape index (κ3) is 3.49. The fourth-order valence-electron chi connectivity index (χ4n) is 1.61. The topological polar surface area (TPSA) is 29.5 Å². The Labute approximate surface area is 109 Å². The minimum Gasteiger partial charge on any atom is -0.508 e. The van der Waals surface area contributed by atoms with E-state index in [1.165, 1.54) is 0 Å². The van der Waals surface area contributed by atoms with Gasteiger partial charge in [-0.05, 0) is 42.3 Å². The van der Waals surface area contributed by atoms with Gasteiger partial charge in [-0.1, -0.05) is 28.1 Å². The molecule has 3 heteroatoms. The van der Waals surface area contributed by atoms with Crippen molar-refractivity contribution >= 4 is 15.9 Å². The molecule has 0 radical (unpaired) electrons. The summed E-state index contributed by atoms with van der Waals surface area (Å²) < 4.78 is 6.66. The molecule has 0 aromatic heterocycles. The van der Waals surface area contributed by atoms with E-state index in [4.69, 9.17) is 4.74 Å². The average Bonchev–Trinajstić information content (AvgIpc) is 2.25. The highest BCUT2D eigenvalue weighted by molar-refractivity contribution is 9.10. The van der Waals surface area contributed by atoms with Crippen LogP contribution in [0.1, 0.15) is 11.1 Å². The second-order valence-electron chi connectivity index (χ2n) is 3.92. The van der Waals surface area contributed by atoms with Gasteiger partial charge in [-0.3, -0.25) is 0 Å². The highest BCUT2D eigenvalue weighted by Crippen LogP contribution is 2.22. The van der Waals surface area contributed by atoms with Gasteiger partial charge in [0.05, 0.1) is 0 Å². The van der Waals surface area contributed by atoms with Crippen molar-refractivity contribution in [2.75, 3.05) is 0 Å². The quantitative estimate of drug-likeness (QED) is 0.925. The second kappa shape index (κ2) is 5.23. The van der Waals surface area contributed by atoms with Crippen molar-refractivity contribution in [1.82, 2.24) is 0 Å². The van der Waals surface area contributed by atoms with Crippen LogP contribution >= 0.6 is 15.9 Å². The molecule has 0 aliphatic carbocycles. The maximum Gasteiger partial charge on any atom is 0.123 e. The van der Waals surface area contributed by atoms with Gasteiger partial charge in [0.2, 0.25) is 0 Å².